The lowest BCUT2D eigenvalue weighted by Gasteiger charge is -2.31. The summed E-state index contributed by atoms with van der Waals surface area (Å²) < 4.78 is 5.38. The average molecular weight is 252 g/mol. The topological polar surface area (TPSA) is 44.5 Å². The Bertz CT molecular complexity index is 356. The fraction of sp³-hybridized carbons (Fsp3) is 0.769. The molecule has 1 fully saturated rings. The van der Waals surface area contributed by atoms with Crippen molar-refractivity contribution in [2.75, 3.05) is 33.2 Å². The first kappa shape index (κ1) is 13.5. The predicted molar refractivity (Wildman–Crippen MR) is 71.3 cm³/mol. The number of likely N-dealkylation sites (N-methyl/N-ethyl adjacent to an activating group) is 1. The van der Waals surface area contributed by atoms with Gasteiger partial charge in [0.2, 0.25) is 0 Å². The van der Waals surface area contributed by atoms with E-state index in [0.717, 1.165) is 50.7 Å². The van der Waals surface area contributed by atoms with Gasteiger partial charge in [0.05, 0.1) is 12.2 Å². The minimum absolute atomic E-state index is 0.475. The lowest BCUT2D eigenvalue weighted by atomic mass is 10.3. The molecule has 0 spiro atoms. The monoisotopic (exact) mass is 252 g/mol. The van der Waals surface area contributed by atoms with Crippen molar-refractivity contribution < 1.29 is 4.52 Å². The Hall–Kier alpha value is -0.910. The van der Waals surface area contributed by atoms with Gasteiger partial charge in [-0.3, -0.25) is 4.90 Å². The molecule has 0 unspecified atom stereocenters. The minimum atomic E-state index is 0.475. The third kappa shape index (κ3) is 4.08. The summed E-state index contributed by atoms with van der Waals surface area (Å²) in [6, 6.07) is 2.54. The Labute approximate surface area is 109 Å². The number of rotatable bonds is 5. The lowest BCUT2D eigenvalue weighted by Crippen LogP contribution is -2.43. The second-order valence-corrected chi connectivity index (χ2v) is 5.40. The van der Waals surface area contributed by atoms with Crippen LogP contribution in [-0.2, 0) is 13.1 Å². The molecule has 102 valence electrons. The van der Waals surface area contributed by atoms with E-state index in [-0.39, 0.29) is 0 Å². The van der Waals surface area contributed by atoms with E-state index in [1.54, 1.807) is 0 Å². The fourth-order valence-corrected chi connectivity index (χ4v) is 2.05. The van der Waals surface area contributed by atoms with Gasteiger partial charge in [-0.15, -0.1) is 0 Å². The summed E-state index contributed by atoms with van der Waals surface area (Å²) in [5, 5.41) is 7.44. The molecule has 0 amide bonds. The van der Waals surface area contributed by atoms with Gasteiger partial charge in [-0.2, -0.15) is 0 Å². The van der Waals surface area contributed by atoms with Crippen molar-refractivity contribution >= 4 is 0 Å². The van der Waals surface area contributed by atoms with Crippen molar-refractivity contribution in [1.82, 2.24) is 20.3 Å². The number of piperazine rings is 1. The zero-order valence-electron chi connectivity index (χ0n) is 11.6. The Kier molecular flexibility index (Phi) is 4.74. The van der Waals surface area contributed by atoms with Crippen LogP contribution in [0.1, 0.15) is 25.3 Å². The Morgan fingerprint density at radius 3 is 2.72 bits per heavy atom. The largest absolute Gasteiger partial charge is 0.360 e. The van der Waals surface area contributed by atoms with Gasteiger partial charge in [0.1, 0.15) is 0 Å². The SMILES string of the molecule is CC(C)NCc1cc(CN2CCN(C)CC2)on1. The van der Waals surface area contributed by atoms with E-state index in [2.05, 4.69) is 47.2 Å². The maximum absolute atomic E-state index is 5.38. The van der Waals surface area contributed by atoms with Crippen molar-refractivity contribution in [2.45, 2.75) is 33.0 Å². The molecule has 0 saturated carbocycles. The van der Waals surface area contributed by atoms with Gasteiger partial charge in [-0.1, -0.05) is 19.0 Å². The van der Waals surface area contributed by atoms with E-state index in [4.69, 9.17) is 4.52 Å². The maximum Gasteiger partial charge on any atom is 0.151 e. The summed E-state index contributed by atoms with van der Waals surface area (Å²) in [5.74, 6) is 0.972. The molecule has 0 aromatic carbocycles. The molecule has 2 heterocycles. The number of nitrogens with zero attached hydrogens (tertiary/aromatic N) is 3. The van der Waals surface area contributed by atoms with E-state index in [1.807, 2.05) is 0 Å². The van der Waals surface area contributed by atoms with Gasteiger partial charge in [0.25, 0.3) is 0 Å². The van der Waals surface area contributed by atoms with Crippen LogP contribution in [0.15, 0.2) is 10.6 Å². The quantitative estimate of drug-likeness (QED) is 0.844. The smallest absolute Gasteiger partial charge is 0.151 e. The minimum Gasteiger partial charge on any atom is -0.360 e. The molecule has 0 atom stereocenters. The normalized spacial score (nSPS) is 18.7. The van der Waals surface area contributed by atoms with Crippen molar-refractivity contribution in [3.63, 3.8) is 0 Å². The first-order valence-corrected chi connectivity index (χ1v) is 6.72. The Morgan fingerprint density at radius 2 is 2.06 bits per heavy atom. The molecule has 2 rings (SSSR count). The third-order valence-corrected chi connectivity index (χ3v) is 3.27. The number of hydrogen-bond acceptors (Lipinski definition) is 5. The summed E-state index contributed by atoms with van der Waals surface area (Å²) in [6.45, 7) is 10.4. The van der Waals surface area contributed by atoms with E-state index in [0.29, 0.717) is 6.04 Å². The van der Waals surface area contributed by atoms with Crippen LogP contribution in [0.4, 0.5) is 0 Å². The van der Waals surface area contributed by atoms with E-state index >= 15 is 0 Å². The zero-order valence-corrected chi connectivity index (χ0v) is 11.6. The van der Waals surface area contributed by atoms with Crippen LogP contribution < -0.4 is 5.32 Å². The highest BCUT2D eigenvalue weighted by Crippen LogP contribution is 2.09. The molecule has 18 heavy (non-hydrogen) atoms. The first-order valence-electron chi connectivity index (χ1n) is 6.72. The summed E-state index contributed by atoms with van der Waals surface area (Å²) in [7, 11) is 2.17. The van der Waals surface area contributed by atoms with Crippen LogP contribution in [0.2, 0.25) is 0 Å². The van der Waals surface area contributed by atoms with Gasteiger partial charge in [0, 0.05) is 44.8 Å². The van der Waals surface area contributed by atoms with E-state index < -0.39 is 0 Å². The molecule has 0 bridgehead atoms. The predicted octanol–water partition coefficient (Wildman–Crippen LogP) is 0.920. The Balaban J connectivity index is 1.79. The first-order chi connectivity index (χ1) is 8.63. The second kappa shape index (κ2) is 6.31. The van der Waals surface area contributed by atoms with Crippen LogP contribution >= 0.6 is 0 Å². The highest BCUT2D eigenvalue weighted by molar-refractivity contribution is 5.05. The molecule has 0 aliphatic carbocycles. The van der Waals surface area contributed by atoms with Crippen LogP contribution in [0, 0.1) is 0 Å². The standard InChI is InChI=1S/C13H24N4O/c1-11(2)14-9-12-8-13(18-15-12)10-17-6-4-16(3)5-7-17/h8,11,14H,4-7,9-10H2,1-3H3. The molecular weight excluding hydrogens is 228 g/mol. The Morgan fingerprint density at radius 1 is 1.33 bits per heavy atom. The van der Waals surface area contributed by atoms with Crippen molar-refractivity contribution in [2.24, 2.45) is 0 Å². The van der Waals surface area contributed by atoms with Crippen molar-refractivity contribution in [3.8, 4) is 0 Å². The van der Waals surface area contributed by atoms with E-state index in [9.17, 15) is 0 Å². The number of aromatic nitrogens is 1. The third-order valence-electron chi connectivity index (χ3n) is 3.27. The summed E-state index contributed by atoms with van der Waals surface area (Å²) in [5.41, 5.74) is 0.993. The molecule has 1 aliphatic rings. The molecule has 5 nitrogen and oxygen atoms in total. The van der Waals surface area contributed by atoms with Gasteiger partial charge < -0.3 is 14.7 Å². The second-order valence-electron chi connectivity index (χ2n) is 5.40. The molecule has 1 aromatic rings. The summed E-state index contributed by atoms with van der Waals surface area (Å²) in [6.07, 6.45) is 0. The number of hydrogen-bond donors (Lipinski definition) is 1. The van der Waals surface area contributed by atoms with Crippen LogP contribution in [0.25, 0.3) is 0 Å². The molecule has 5 heteroatoms. The highest BCUT2D eigenvalue weighted by Gasteiger charge is 2.15. The van der Waals surface area contributed by atoms with Crippen molar-refractivity contribution in [3.05, 3.63) is 17.5 Å². The fourth-order valence-electron chi connectivity index (χ4n) is 2.05. The molecule has 1 aromatic heterocycles. The van der Waals surface area contributed by atoms with Gasteiger partial charge in [0.15, 0.2) is 5.76 Å². The molecule has 1 aliphatic heterocycles. The zero-order chi connectivity index (χ0) is 13.0. The van der Waals surface area contributed by atoms with Crippen LogP contribution in [0.3, 0.4) is 0 Å². The van der Waals surface area contributed by atoms with Gasteiger partial charge in [-0.05, 0) is 7.05 Å². The van der Waals surface area contributed by atoms with Crippen LogP contribution in [-0.4, -0.2) is 54.2 Å². The lowest BCUT2D eigenvalue weighted by molar-refractivity contribution is 0.137. The molecule has 1 saturated heterocycles. The van der Waals surface area contributed by atoms with Gasteiger partial charge in [-0.25, -0.2) is 0 Å². The number of nitrogens with one attached hydrogen (secondary N) is 1. The van der Waals surface area contributed by atoms with E-state index in [1.165, 1.54) is 0 Å². The van der Waals surface area contributed by atoms with Gasteiger partial charge >= 0.3 is 0 Å². The molecule has 0 radical (unpaired) electrons. The molecule has 1 N–H and O–H groups in total. The summed E-state index contributed by atoms with van der Waals surface area (Å²) >= 11 is 0. The maximum atomic E-state index is 5.38. The average Bonchev–Trinajstić information content (AvgIpc) is 2.77. The summed E-state index contributed by atoms with van der Waals surface area (Å²) in [4.78, 5) is 4.77. The molecular formula is C13H24N4O. The van der Waals surface area contributed by atoms with Crippen LogP contribution in [0.5, 0.6) is 0 Å². The highest BCUT2D eigenvalue weighted by atomic mass is 16.5. The van der Waals surface area contributed by atoms with Crippen molar-refractivity contribution in [1.29, 1.82) is 0 Å².